The summed E-state index contributed by atoms with van der Waals surface area (Å²) in [4.78, 5) is 0. The molecule has 0 atom stereocenters. The van der Waals surface area contributed by atoms with E-state index in [9.17, 15) is 0 Å². The summed E-state index contributed by atoms with van der Waals surface area (Å²) >= 11 is 12.5. The van der Waals surface area contributed by atoms with E-state index in [1.807, 2.05) is 13.0 Å². The average molecular weight is 297 g/mol. The van der Waals surface area contributed by atoms with Gasteiger partial charge in [0.05, 0.1) is 22.8 Å². The average Bonchev–Trinajstić information content (AvgIpc) is 2.35. The Hall–Kier alpha value is -1.58. The highest BCUT2D eigenvalue weighted by molar-refractivity contribution is 6.37. The fraction of sp³-hybridized carbons (Fsp3) is 0.143. The Morgan fingerprint density at radius 3 is 2.00 bits per heavy atom. The van der Waals surface area contributed by atoms with E-state index >= 15 is 0 Å². The monoisotopic (exact) mass is 296 g/mol. The van der Waals surface area contributed by atoms with Crippen molar-refractivity contribution in [3.63, 3.8) is 0 Å². The van der Waals surface area contributed by atoms with Crippen molar-refractivity contribution in [2.75, 3.05) is 18.6 Å². The minimum Gasteiger partial charge on any atom is -0.495 e. The van der Waals surface area contributed by atoms with Gasteiger partial charge in [-0.25, -0.2) is 0 Å². The zero-order valence-corrected chi connectivity index (χ0v) is 12.1. The van der Waals surface area contributed by atoms with Gasteiger partial charge in [0, 0.05) is 16.8 Å². The largest absolute Gasteiger partial charge is 0.495 e. The molecule has 0 amide bonds. The molecular weight excluding hydrogens is 283 g/mol. The Balaban J connectivity index is 2.68. The van der Waals surface area contributed by atoms with Gasteiger partial charge in [-0.3, -0.25) is 0 Å². The van der Waals surface area contributed by atoms with E-state index < -0.39 is 0 Å². The number of rotatable bonds is 2. The molecule has 0 aliphatic heterocycles. The minimum absolute atomic E-state index is 0.486. The lowest BCUT2D eigenvalue weighted by Gasteiger charge is -2.13. The molecule has 4 N–H and O–H groups in total. The third-order valence-corrected chi connectivity index (χ3v) is 3.59. The molecule has 3 nitrogen and oxygen atoms in total. The Morgan fingerprint density at radius 2 is 1.42 bits per heavy atom. The first-order chi connectivity index (χ1) is 8.93. The van der Waals surface area contributed by atoms with Crippen LogP contribution in [0.2, 0.25) is 10.0 Å². The minimum atomic E-state index is 0.486. The number of nitrogens with two attached hydrogens (primary N) is 2. The SMILES string of the molecule is COc1cc(-c2cc(C)c(N)cc2Cl)c(Cl)cc1N. The molecule has 0 unspecified atom stereocenters. The number of hydrogen-bond donors (Lipinski definition) is 2. The third-order valence-electron chi connectivity index (χ3n) is 2.97. The van der Waals surface area contributed by atoms with Crippen LogP contribution in [-0.4, -0.2) is 7.11 Å². The van der Waals surface area contributed by atoms with Crippen molar-refractivity contribution < 1.29 is 4.74 Å². The van der Waals surface area contributed by atoms with Crippen LogP contribution in [0.15, 0.2) is 24.3 Å². The van der Waals surface area contributed by atoms with Crippen LogP contribution < -0.4 is 16.2 Å². The van der Waals surface area contributed by atoms with Gasteiger partial charge >= 0.3 is 0 Å². The lowest BCUT2D eigenvalue weighted by molar-refractivity contribution is 0.417. The third kappa shape index (κ3) is 2.57. The molecule has 19 heavy (non-hydrogen) atoms. The van der Waals surface area contributed by atoms with E-state index in [0.717, 1.165) is 16.7 Å². The molecule has 0 saturated heterocycles. The van der Waals surface area contributed by atoms with Crippen molar-refractivity contribution in [3.05, 3.63) is 39.9 Å². The smallest absolute Gasteiger partial charge is 0.142 e. The predicted octanol–water partition coefficient (Wildman–Crippen LogP) is 4.14. The van der Waals surface area contributed by atoms with E-state index in [0.29, 0.717) is 27.2 Å². The molecule has 100 valence electrons. The Kier molecular flexibility index (Phi) is 3.78. The molecule has 0 fully saturated rings. The number of methoxy groups -OCH3 is 1. The highest BCUT2D eigenvalue weighted by Crippen LogP contribution is 2.39. The van der Waals surface area contributed by atoms with Gasteiger partial charge in [-0.2, -0.15) is 0 Å². The van der Waals surface area contributed by atoms with Gasteiger partial charge in [0.15, 0.2) is 0 Å². The summed E-state index contributed by atoms with van der Waals surface area (Å²) in [5.41, 5.74) is 15.3. The maximum absolute atomic E-state index is 6.23. The maximum atomic E-state index is 6.23. The number of benzene rings is 2. The molecule has 0 bridgehead atoms. The molecule has 0 aliphatic rings. The van der Waals surface area contributed by atoms with Gasteiger partial charge in [0.2, 0.25) is 0 Å². The Morgan fingerprint density at radius 1 is 0.895 bits per heavy atom. The highest BCUT2D eigenvalue weighted by Gasteiger charge is 2.13. The number of halogens is 2. The van der Waals surface area contributed by atoms with E-state index in [2.05, 4.69) is 0 Å². The summed E-state index contributed by atoms with van der Waals surface area (Å²) in [7, 11) is 1.55. The van der Waals surface area contributed by atoms with Crippen LogP contribution in [0.4, 0.5) is 11.4 Å². The van der Waals surface area contributed by atoms with Gasteiger partial charge in [0.25, 0.3) is 0 Å². The van der Waals surface area contributed by atoms with E-state index in [1.54, 1.807) is 25.3 Å². The van der Waals surface area contributed by atoms with Crippen molar-refractivity contribution in [2.24, 2.45) is 0 Å². The molecule has 2 rings (SSSR count). The topological polar surface area (TPSA) is 61.3 Å². The Bertz CT molecular complexity index is 642. The molecule has 0 aliphatic carbocycles. The zero-order valence-electron chi connectivity index (χ0n) is 10.6. The van der Waals surface area contributed by atoms with Crippen molar-refractivity contribution >= 4 is 34.6 Å². The van der Waals surface area contributed by atoms with Gasteiger partial charge in [-0.05, 0) is 36.8 Å². The summed E-state index contributed by atoms with van der Waals surface area (Å²) in [5.74, 6) is 0.560. The second-order valence-electron chi connectivity index (χ2n) is 4.26. The van der Waals surface area contributed by atoms with Crippen LogP contribution in [0.5, 0.6) is 5.75 Å². The maximum Gasteiger partial charge on any atom is 0.142 e. The number of anilines is 2. The predicted molar refractivity (Wildman–Crippen MR) is 82.0 cm³/mol. The highest BCUT2D eigenvalue weighted by atomic mass is 35.5. The molecule has 5 heteroatoms. The van der Waals surface area contributed by atoms with Crippen LogP contribution in [0, 0.1) is 6.92 Å². The second-order valence-corrected chi connectivity index (χ2v) is 5.08. The zero-order chi connectivity index (χ0) is 14.2. The first-order valence-corrected chi connectivity index (χ1v) is 6.38. The fourth-order valence-electron chi connectivity index (χ4n) is 1.86. The number of nitrogen functional groups attached to an aromatic ring is 2. The molecule has 2 aromatic carbocycles. The van der Waals surface area contributed by atoms with Crippen LogP contribution in [0.1, 0.15) is 5.56 Å². The number of hydrogen-bond acceptors (Lipinski definition) is 3. The van der Waals surface area contributed by atoms with Crippen LogP contribution in [0.3, 0.4) is 0 Å². The first-order valence-electron chi connectivity index (χ1n) is 5.63. The lowest BCUT2D eigenvalue weighted by atomic mass is 10.0. The molecule has 0 radical (unpaired) electrons. The fourth-order valence-corrected chi connectivity index (χ4v) is 2.40. The van der Waals surface area contributed by atoms with E-state index in [1.165, 1.54) is 0 Å². The molecule has 0 heterocycles. The van der Waals surface area contributed by atoms with Gasteiger partial charge in [0.1, 0.15) is 5.75 Å². The summed E-state index contributed by atoms with van der Waals surface area (Å²) in [5, 5.41) is 1.06. The lowest BCUT2D eigenvalue weighted by Crippen LogP contribution is -1.95. The second kappa shape index (κ2) is 5.19. The molecule has 0 spiro atoms. The summed E-state index contributed by atoms with van der Waals surface area (Å²) < 4.78 is 5.20. The standard InChI is InChI=1S/C14H14Cl2N2O/c1-7-3-8(10(15)5-12(7)17)9-4-14(19-2)13(18)6-11(9)16/h3-6H,17-18H2,1-2H3. The molecular formula is C14H14Cl2N2O. The van der Waals surface area contributed by atoms with Crippen LogP contribution in [0.25, 0.3) is 11.1 Å². The molecule has 2 aromatic rings. The van der Waals surface area contributed by atoms with Crippen molar-refractivity contribution in [1.29, 1.82) is 0 Å². The quantitative estimate of drug-likeness (QED) is 0.819. The summed E-state index contributed by atoms with van der Waals surface area (Å²) in [6.07, 6.45) is 0. The van der Waals surface area contributed by atoms with Gasteiger partial charge < -0.3 is 16.2 Å². The molecule has 0 aromatic heterocycles. The van der Waals surface area contributed by atoms with Crippen molar-refractivity contribution in [1.82, 2.24) is 0 Å². The van der Waals surface area contributed by atoms with Crippen LogP contribution >= 0.6 is 23.2 Å². The van der Waals surface area contributed by atoms with Gasteiger partial charge in [-0.15, -0.1) is 0 Å². The van der Waals surface area contributed by atoms with Crippen molar-refractivity contribution in [2.45, 2.75) is 6.92 Å². The van der Waals surface area contributed by atoms with Crippen LogP contribution in [-0.2, 0) is 0 Å². The number of ether oxygens (including phenoxy) is 1. The van der Waals surface area contributed by atoms with Gasteiger partial charge in [-0.1, -0.05) is 23.2 Å². The van der Waals surface area contributed by atoms with E-state index in [-0.39, 0.29) is 0 Å². The first kappa shape index (κ1) is 13.8. The normalized spacial score (nSPS) is 10.5. The summed E-state index contributed by atoms with van der Waals surface area (Å²) in [6.45, 7) is 1.91. The van der Waals surface area contributed by atoms with E-state index in [4.69, 9.17) is 39.4 Å². The Labute approximate surface area is 122 Å². The number of aryl methyl sites for hydroxylation is 1. The molecule has 0 saturated carbocycles. The van der Waals surface area contributed by atoms with Crippen molar-refractivity contribution in [3.8, 4) is 16.9 Å². The summed E-state index contributed by atoms with van der Waals surface area (Å²) in [6, 6.07) is 7.03.